The van der Waals surface area contributed by atoms with Crippen molar-refractivity contribution in [3.8, 4) is 0 Å². The van der Waals surface area contributed by atoms with E-state index < -0.39 is 11.2 Å². The molecule has 3 N–H and O–H groups in total. The van der Waals surface area contributed by atoms with E-state index in [1.807, 2.05) is 19.0 Å². The molecule has 3 aromatic rings. The second-order valence-electron chi connectivity index (χ2n) is 5.76. The standard InChI is InChI=1S/C13H19N9O2/c1-19(2)6-5-15-11-17-10(14)18-12-16-8-7(22(11)12)9(23)21(4)13(24)20(8)3/h5-6H2,1-4H3,(H3,14,15,16,17,18). The molecule has 0 unspecified atom stereocenters. The first-order valence-electron chi connectivity index (χ1n) is 7.31. The maximum atomic E-state index is 12.6. The zero-order valence-corrected chi connectivity index (χ0v) is 13.9. The van der Waals surface area contributed by atoms with Crippen molar-refractivity contribution in [2.45, 2.75) is 0 Å². The molecule has 0 aliphatic carbocycles. The topological polar surface area (TPSA) is 128 Å². The zero-order chi connectivity index (χ0) is 17.6. The minimum Gasteiger partial charge on any atom is -0.368 e. The molecule has 0 fully saturated rings. The number of nitrogens with one attached hydrogen (secondary N) is 1. The van der Waals surface area contributed by atoms with Crippen LogP contribution in [0.25, 0.3) is 16.9 Å². The summed E-state index contributed by atoms with van der Waals surface area (Å²) in [5, 5.41) is 3.13. The second-order valence-corrected chi connectivity index (χ2v) is 5.76. The Labute approximate surface area is 136 Å². The van der Waals surface area contributed by atoms with Crippen LogP contribution in [0.1, 0.15) is 0 Å². The van der Waals surface area contributed by atoms with E-state index in [0.29, 0.717) is 12.5 Å². The van der Waals surface area contributed by atoms with Crippen LogP contribution in [0.3, 0.4) is 0 Å². The largest absolute Gasteiger partial charge is 0.368 e. The predicted molar refractivity (Wildman–Crippen MR) is 90.2 cm³/mol. The predicted octanol–water partition coefficient (Wildman–Crippen LogP) is -1.77. The molecule has 3 aromatic heterocycles. The number of nitrogens with zero attached hydrogens (tertiary/aromatic N) is 7. The van der Waals surface area contributed by atoms with Gasteiger partial charge < -0.3 is 16.0 Å². The Kier molecular flexibility index (Phi) is 3.72. The van der Waals surface area contributed by atoms with Gasteiger partial charge >= 0.3 is 5.69 Å². The molecule has 0 bridgehead atoms. The van der Waals surface area contributed by atoms with Crippen molar-refractivity contribution in [3.63, 3.8) is 0 Å². The normalized spacial score (nSPS) is 11.7. The van der Waals surface area contributed by atoms with Crippen molar-refractivity contribution >= 4 is 28.8 Å². The SMILES string of the molecule is CN(C)CCNc1nc(N)nc2nc3c(c(=O)n(C)c(=O)n3C)n12. The lowest BCUT2D eigenvalue weighted by molar-refractivity contribution is 0.425. The van der Waals surface area contributed by atoms with Crippen molar-refractivity contribution in [3.05, 3.63) is 20.8 Å². The van der Waals surface area contributed by atoms with Crippen LogP contribution in [0, 0.1) is 0 Å². The minimum absolute atomic E-state index is 0.0342. The Balaban J connectivity index is 2.33. The minimum atomic E-state index is -0.468. The molecule has 0 aliphatic heterocycles. The third kappa shape index (κ3) is 2.38. The fourth-order valence-corrected chi connectivity index (χ4v) is 2.46. The molecule has 0 saturated heterocycles. The number of imidazole rings is 1. The summed E-state index contributed by atoms with van der Waals surface area (Å²) in [4.78, 5) is 39.1. The highest BCUT2D eigenvalue weighted by atomic mass is 16.2. The molecule has 3 heterocycles. The van der Waals surface area contributed by atoms with Crippen LogP contribution in [-0.4, -0.2) is 60.6 Å². The quantitative estimate of drug-likeness (QED) is 0.574. The second kappa shape index (κ2) is 5.60. The fraction of sp³-hybridized carbons (Fsp3) is 0.462. The summed E-state index contributed by atoms with van der Waals surface area (Å²) in [6.07, 6.45) is 0. The molecule has 0 saturated carbocycles. The molecule has 11 nitrogen and oxygen atoms in total. The number of hydrogen-bond donors (Lipinski definition) is 2. The van der Waals surface area contributed by atoms with Crippen LogP contribution in [-0.2, 0) is 14.1 Å². The van der Waals surface area contributed by atoms with Crippen molar-refractivity contribution in [1.82, 2.24) is 33.4 Å². The maximum absolute atomic E-state index is 12.6. The van der Waals surface area contributed by atoms with Gasteiger partial charge in [-0.05, 0) is 14.1 Å². The number of rotatable bonds is 4. The number of likely N-dealkylation sites (N-methyl/N-ethyl adjacent to an activating group) is 1. The molecule has 128 valence electrons. The van der Waals surface area contributed by atoms with Gasteiger partial charge in [-0.15, -0.1) is 0 Å². The van der Waals surface area contributed by atoms with E-state index in [-0.39, 0.29) is 22.9 Å². The van der Waals surface area contributed by atoms with Gasteiger partial charge in [0.25, 0.3) is 5.56 Å². The van der Waals surface area contributed by atoms with Gasteiger partial charge in [-0.2, -0.15) is 15.0 Å². The first-order valence-corrected chi connectivity index (χ1v) is 7.31. The Bertz CT molecular complexity index is 1040. The van der Waals surface area contributed by atoms with Crippen LogP contribution >= 0.6 is 0 Å². The Morgan fingerprint density at radius 3 is 2.50 bits per heavy atom. The number of aryl methyl sites for hydroxylation is 1. The third-order valence-corrected chi connectivity index (χ3v) is 3.73. The lowest BCUT2D eigenvalue weighted by Crippen LogP contribution is -2.37. The lowest BCUT2D eigenvalue weighted by Gasteiger charge is -2.12. The van der Waals surface area contributed by atoms with Gasteiger partial charge in [0.2, 0.25) is 17.7 Å². The van der Waals surface area contributed by atoms with E-state index in [2.05, 4.69) is 20.3 Å². The summed E-state index contributed by atoms with van der Waals surface area (Å²) in [6, 6.07) is 0. The van der Waals surface area contributed by atoms with Crippen LogP contribution in [0.15, 0.2) is 9.59 Å². The van der Waals surface area contributed by atoms with Crippen molar-refractivity contribution in [1.29, 1.82) is 0 Å². The molecule has 0 amide bonds. The molecule has 0 aliphatic rings. The van der Waals surface area contributed by atoms with Gasteiger partial charge in [0, 0.05) is 27.2 Å². The third-order valence-electron chi connectivity index (χ3n) is 3.73. The highest BCUT2D eigenvalue weighted by Crippen LogP contribution is 2.16. The summed E-state index contributed by atoms with van der Waals surface area (Å²) in [7, 11) is 6.86. The number of hydrogen-bond acceptors (Lipinski definition) is 8. The number of anilines is 2. The first-order chi connectivity index (χ1) is 11.3. The maximum Gasteiger partial charge on any atom is 0.332 e. The molecule has 24 heavy (non-hydrogen) atoms. The Morgan fingerprint density at radius 2 is 1.83 bits per heavy atom. The summed E-state index contributed by atoms with van der Waals surface area (Å²) in [5.41, 5.74) is 5.27. The number of nitrogen functional groups attached to an aromatic ring is 1. The Morgan fingerprint density at radius 1 is 1.12 bits per heavy atom. The van der Waals surface area contributed by atoms with Gasteiger partial charge in [0.15, 0.2) is 11.2 Å². The van der Waals surface area contributed by atoms with Crippen molar-refractivity contribution in [2.75, 3.05) is 38.2 Å². The van der Waals surface area contributed by atoms with Crippen molar-refractivity contribution in [2.24, 2.45) is 14.1 Å². The van der Waals surface area contributed by atoms with Gasteiger partial charge in [-0.1, -0.05) is 0 Å². The monoisotopic (exact) mass is 333 g/mol. The molecule has 11 heteroatoms. The van der Waals surface area contributed by atoms with Crippen LogP contribution < -0.4 is 22.3 Å². The summed E-state index contributed by atoms with van der Waals surface area (Å²) in [5.74, 6) is 0.604. The Hall–Kier alpha value is -2.95. The summed E-state index contributed by atoms with van der Waals surface area (Å²) in [6.45, 7) is 1.35. The van der Waals surface area contributed by atoms with E-state index in [9.17, 15) is 9.59 Å². The van der Waals surface area contributed by atoms with E-state index in [1.165, 1.54) is 16.0 Å². The van der Waals surface area contributed by atoms with Gasteiger partial charge in [-0.25, -0.2) is 9.20 Å². The van der Waals surface area contributed by atoms with Crippen molar-refractivity contribution < 1.29 is 0 Å². The van der Waals surface area contributed by atoms with E-state index >= 15 is 0 Å². The summed E-state index contributed by atoms with van der Waals surface area (Å²) < 4.78 is 3.81. The average Bonchev–Trinajstić information content (AvgIpc) is 2.89. The van der Waals surface area contributed by atoms with Gasteiger partial charge in [0.1, 0.15) is 0 Å². The number of nitrogens with two attached hydrogens (primary N) is 1. The first kappa shape index (κ1) is 15.9. The summed E-state index contributed by atoms with van der Waals surface area (Å²) >= 11 is 0. The molecule has 0 radical (unpaired) electrons. The fourth-order valence-electron chi connectivity index (χ4n) is 2.46. The van der Waals surface area contributed by atoms with Crippen LogP contribution in [0.4, 0.5) is 11.9 Å². The van der Waals surface area contributed by atoms with Crippen LogP contribution in [0.2, 0.25) is 0 Å². The molecule has 0 atom stereocenters. The van der Waals surface area contributed by atoms with Gasteiger partial charge in [-0.3, -0.25) is 13.9 Å². The van der Waals surface area contributed by atoms with Crippen LogP contribution in [0.5, 0.6) is 0 Å². The lowest BCUT2D eigenvalue weighted by atomic mass is 10.5. The molecule has 0 aromatic carbocycles. The van der Waals surface area contributed by atoms with E-state index in [1.54, 1.807) is 7.05 Å². The number of fused-ring (bicyclic) bond motifs is 3. The molecular weight excluding hydrogens is 314 g/mol. The zero-order valence-electron chi connectivity index (χ0n) is 13.9. The highest BCUT2D eigenvalue weighted by molar-refractivity contribution is 5.77. The van der Waals surface area contributed by atoms with E-state index in [0.717, 1.165) is 11.1 Å². The molecule has 3 rings (SSSR count). The van der Waals surface area contributed by atoms with E-state index in [4.69, 9.17) is 5.73 Å². The highest BCUT2D eigenvalue weighted by Gasteiger charge is 2.19. The average molecular weight is 333 g/mol. The van der Waals surface area contributed by atoms with Gasteiger partial charge in [0.05, 0.1) is 0 Å². The number of aromatic nitrogens is 6. The molecular formula is C13H19N9O2. The smallest absolute Gasteiger partial charge is 0.332 e. The molecule has 0 spiro atoms.